The Bertz CT molecular complexity index is 1060. The van der Waals surface area contributed by atoms with Crippen molar-refractivity contribution in [1.82, 2.24) is 0 Å². The SMILES string of the molecule is CC(C)(C)c1ccccc1N(I)c1cccc2c1oc1ccccc12. The number of benzene rings is 3. The molecule has 0 aliphatic heterocycles. The minimum atomic E-state index is 0.0712. The van der Waals surface area contributed by atoms with Crippen LogP contribution in [0.25, 0.3) is 21.9 Å². The Kier molecular flexibility index (Phi) is 3.99. The van der Waals surface area contributed by atoms with E-state index in [1.165, 1.54) is 11.3 Å². The average molecular weight is 441 g/mol. The third-order valence-corrected chi connectivity index (χ3v) is 5.56. The fourth-order valence-corrected chi connectivity index (χ4v) is 4.10. The van der Waals surface area contributed by atoms with Gasteiger partial charge in [-0.2, -0.15) is 0 Å². The van der Waals surface area contributed by atoms with E-state index >= 15 is 0 Å². The maximum absolute atomic E-state index is 6.21. The first-order valence-corrected chi connectivity index (χ1v) is 9.39. The molecule has 4 aromatic rings. The van der Waals surface area contributed by atoms with E-state index in [9.17, 15) is 0 Å². The Morgan fingerprint density at radius 3 is 2.20 bits per heavy atom. The van der Waals surface area contributed by atoms with Gasteiger partial charge < -0.3 is 4.42 Å². The summed E-state index contributed by atoms with van der Waals surface area (Å²) in [6.07, 6.45) is 0. The van der Waals surface area contributed by atoms with E-state index in [-0.39, 0.29) is 5.41 Å². The maximum atomic E-state index is 6.21. The van der Waals surface area contributed by atoms with E-state index in [0.29, 0.717) is 0 Å². The van der Waals surface area contributed by atoms with Crippen LogP contribution in [0.5, 0.6) is 0 Å². The van der Waals surface area contributed by atoms with Gasteiger partial charge in [-0.15, -0.1) is 0 Å². The van der Waals surface area contributed by atoms with Gasteiger partial charge in [0, 0.05) is 10.8 Å². The molecule has 0 aliphatic rings. The molecule has 0 fully saturated rings. The molecule has 0 radical (unpaired) electrons. The first kappa shape index (κ1) is 16.5. The zero-order valence-electron chi connectivity index (χ0n) is 14.6. The summed E-state index contributed by atoms with van der Waals surface area (Å²) in [7, 11) is 0. The average Bonchev–Trinajstić information content (AvgIpc) is 2.99. The fraction of sp³-hybridized carbons (Fsp3) is 0.182. The summed E-state index contributed by atoms with van der Waals surface area (Å²) in [5, 5.41) is 2.32. The highest BCUT2D eigenvalue weighted by molar-refractivity contribution is 14.1. The Hall–Kier alpha value is -2.01. The molecule has 0 bridgehead atoms. The highest BCUT2D eigenvalue weighted by Crippen LogP contribution is 2.42. The summed E-state index contributed by atoms with van der Waals surface area (Å²) >= 11 is 2.39. The number of para-hydroxylation sites is 3. The van der Waals surface area contributed by atoms with Gasteiger partial charge in [0.1, 0.15) is 5.58 Å². The van der Waals surface area contributed by atoms with E-state index in [0.717, 1.165) is 27.6 Å². The van der Waals surface area contributed by atoms with Crippen molar-refractivity contribution in [2.24, 2.45) is 0 Å². The topological polar surface area (TPSA) is 16.4 Å². The second-order valence-corrected chi connectivity index (χ2v) is 8.26. The first-order chi connectivity index (χ1) is 12.0. The van der Waals surface area contributed by atoms with Gasteiger partial charge in [0.2, 0.25) is 0 Å². The molecule has 0 saturated carbocycles. The first-order valence-electron chi connectivity index (χ1n) is 8.42. The van der Waals surface area contributed by atoms with Crippen molar-refractivity contribution in [3.8, 4) is 0 Å². The van der Waals surface area contributed by atoms with Crippen molar-refractivity contribution in [2.45, 2.75) is 26.2 Å². The third-order valence-electron chi connectivity index (χ3n) is 4.52. The van der Waals surface area contributed by atoms with Crippen molar-refractivity contribution in [3.05, 3.63) is 72.3 Å². The van der Waals surface area contributed by atoms with Gasteiger partial charge in [-0.1, -0.05) is 69.3 Å². The highest BCUT2D eigenvalue weighted by atomic mass is 127. The molecule has 25 heavy (non-hydrogen) atoms. The minimum Gasteiger partial charge on any atom is -0.454 e. The second-order valence-electron chi connectivity index (χ2n) is 7.30. The van der Waals surface area contributed by atoms with Crippen LogP contribution in [0.2, 0.25) is 0 Å². The second kappa shape index (κ2) is 6.06. The van der Waals surface area contributed by atoms with Crippen LogP contribution in [-0.4, -0.2) is 0 Å². The molecule has 3 aromatic carbocycles. The van der Waals surface area contributed by atoms with Crippen LogP contribution in [0.1, 0.15) is 26.3 Å². The summed E-state index contributed by atoms with van der Waals surface area (Å²) in [5.74, 6) is 0. The van der Waals surface area contributed by atoms with Crippen LogP contribution in [-0.2, 0) is 5.41 Å². The predicted molar refractivity (Wildman–Crippen MR) is 115 cm³/mol. The largest absolute Gasteiger partial charge is 0.454 e. The van der Waals surface area contributed by atoms with E-state index in [1.807, 2.05) is 12.1 Å². The molecule has 0 N–H and O–H groups in total. The molecular weight excluding hydrogens is 421 g/mol. The predicted octanol–water partition coefficient (Wildman–Crippen LogP) is 7.37. The molecule has 0 amide bonds. The van der Waals surface area contributed by atoms with Crippen LogP contribution in [0.15, 0.2) is 71.1 Å². The van der Waals surface area contributed by atoms with Gasteiger partial charge in [0.15, 0.2) is 5.58 Å². The van der Waals surface area contributed by atoms with Crippen LogP contribution >= 0.6 is 22.9 Å². The number of hydrogen-bond acceptors (Lipinski definition) is 2. The Morgan fingerprint density at radius 1 is 0.760 bits per heavy atom. The van der Waals surface area contributed by atoms with Crippen LogP contribution in [0.4, 0.5) is 11.4 Å². The lowest BCUT2D eigenvalue weighted by Crippen LogP contribution is -2.15. The number of halogens is 1. The normalized spacial score (nSPS) is 12.0. The number of furan rings is 1. The summed E-state index contributed by atoms with van der Waals surface area (Å²) < 4.78 is 8.42. The van der Waals surface area contributed by atoms with Crippen molar-refractivity contribution in [2.75, 3.05) is 3.11 Å². The summed E-state index contributed by atoms with van der Waals surface area (Å²) in [4.78, 5) is 0. The Labute approximate surface area is 161 Å². The lowest BCUT2D eigenvalue weighted by atomic mass is 9.86. The van der Waals surface area contributed by atoms with Gasteiger partial charge in [-0.05, 0) is 29.2 Å². The summed E-state index contributed by atoms with van der Waals surface area (Å²) in [6, 6.07) is 23.2. The molecule has 0 saturated heterocycles. The highest BCUT2D eigenvalue weighted by Gasteiger charge is 2.22. The van der Waals surface area contributed by atoms with Crippen LogP contribution in [0.3, 0.4) is 0 Å². The van der Waals surface area contributed by atoms with Crippen LogP contribution < -0.4 is 3.11 Å². The number of anilines is 2. The monoisotopic (exact) mass is 441 g/mol. The Morgan fingerprint density at radius 2 is 1.40 bits per heavy atom. The molecule has 1 aromatic heterocycles. The molecule has 4 rings (SSSR count). The molecular formula is C22H20INO. The molecule has 0 spiro atoms. The third kappa shape index (κ3) is 2.80. The van der Waals surface area contributed by atoms with Gasteiger partial charge in [-0.3, -0.25) is 3.11 Å². The number of nitrogens with zero attached hydrogens (tertiary/aromatic N) is 1. The molecule has 3 heteroatoms. The van der Waals surface area contributed by atoms with E-state index in [4.69, 9.17) is 4.42 Å². The molecule has 0 unspecified atom stereocenters. The molecule has 1 heterocycles. The lowest BCUT2D eigenvalue weighted by molar-refractivity contribution is 0.591. The number of rotatable bonds is 2. The van der Waals surface area contributed by atoms with Gasteiger partial charge in [-0.25, -0.2) is 0 Å². The van der Waals surface area contributed by atoms with Gasteiger partial charge >= 0.3 is 0 Å². The molecule has 126 valence electrons. The van der Waals surface area contributed by atoms with Gasteiger partial charge in [0.05, 0.1) is 34.2 Å². The number of fused-ring (bicyclic) bond motifs is 3. The van der Waals surface area contributed by atoms with E-state index < -0.39 is 0 Å². The zero-order chi connectivity index (χ0) is 17.6. The Balaban J connectivity index is 1.94. The van der Waals surface area contributed by atoms with E-state index in [2.05, 4.69) is 101 Å². The van der Waals surface area contributed by atoms with Crippen molar-refractivity contribution < 1.29 is 4.42 Å². The van der Waals surface area contributed by atoms with Crippen molar-refractivity contribution in [1.29, 1.82) is 0 Å². The molecule has 0 aliphatic carbocycles. The maximum Gasteiger partial charge on any atom is 0.159 e. The summed E-state index contributed by atoms with van der Waals surface area (Å²) in [6.45, 7) is 6.74. The smallest absolute Gasteiger partial charge is 0.159 e. The zero-order valence-corrected chi connectivity index (χ0v) is 16.7. The van der Waals surface area contributed by atoms with Crippen LogP contribution in [0, 0.1) is 0 Å². The fourth-order valence-electron chi connectivity index (χ4n) is 3.30. The lowest BCUT2D eigenvalue weighted by Gasteiger charge is -2.27. The standard InChI is InChI=1S/C22H20INO/c1-22(2,3)17-11-5-6-12-18(17)24(23)19-13-8-10-16-15-9-4-7-14-20(15)25-21(16)19/h4-14H,1-3H3. The number of hydrogen-bond donors (Lipinski definition) is 0. The summed E-state index contributed by atoms with van der Waals surface area (Å²) in [5.41, 5.74) is 5.52. The van der Waals surface area contributed by atoms with Gasteiger partial charge in [0.25, 0.3) is 0 Å². The van der Waals surface area contributed by atoms with Crippen molar-refractivity contribution in [3.63, 3.8) is 0 Å². The quantitative estimate of drug-likeness (QED) is 0.239. The van der Waals surface area contributed by atoms with E-state index in [1.54, 1.807) is 0 Å². The van der Waals surface area contributed by atoms with Crippen molar-refractivity contribution >= 4 is 56.2 Å². The molecule has 0 atom stereocenters. The molecule has 2 nitrogen and oxygen atoms in total. The minimum absolute atomic E-state index is 0.0712.